The zero-order valence-corrected chi connectivity index (χ0v) is 10.6. The van der Waals surface area contributed by atoms with Crippen LogP contribution in [0.3, 0.4) is 0 Å². The van der Waals surface area contributed by atoms with Gasteiger partial charge in [-0.2, -0.15) is 0 Å². The van der Waals surface area contributed by atoms with E-state index < -0.39 is 5.91 Å². The van der Waals surface area contributed by atoms with E-state index in [9.17, 15) is 4.79 Å². The maximum absolute atomic E-state index is 11.0. The normalized spacial score (nSPS) is 19.5. The molecule has 6 heteroatoms. The Kier molecular flexibility index (Phi) is 4.41. The first kappa shape index (κ1) is 13.1. The highest BCUT2D eigenvalue weighted by atomic mass is 35.5. The Bertz CT molecular complexity index is 433. The van der Waals surface area contributed by atoms with Gasteiger partial charge in [-0.15, -0.1) is 0 Å². The van der Waals surface area contributed by atoms with Gasteiger partial charge in [0.15, 0.2) is 0 Å². The molecule has 0 radical (unpaired) electrons. The third kappa shape index (κ3) is 3.35. The molecule has 0 spiro atoms. The van der Waals surface area contributed by atoms with Gasteiger partial charge >= 0.3 is 0 Å². The van der Waals surface area contributed by atoms with Gasteiger partial charge in [0.25, 0.3) is 0 Å². The molecule has 1 aromatic carbocycles. The molecular weight excluding hydrogens is 256 g/mol. The number of halogens is 1. The first-order valence-corrected chi connectivity index (χ1v) is 6.09. The highest BCUT2D eigenvalue weighted by molar-refractivity contribution is 6.33. The zero-order chi connectivity index (χ0) is 13.0. The molecule has 1 saturated heterocycles. The van der Waals surface area contributed by atoms with Crippen LogP contribution >= 0.6 is 11.6 Å². The second-order valence-corrected chi connectivity index (χ2v) is 4.42. The number of primary amides is 1. The predicted molar refractivity (Wildman–Crippen MR) is 68.1 cm³/mol. The Labute approximate surface area is 110 Å². The molecule has 1 heterocycles. The number of carbonyl (C=O) groups excluding carboxylic acids is 1. The number of nitrogens with two attached hydrogens (primary N) is 1. The van der Waals surface area contributed by atoms with Crippen LogP contribution in [-0.4, -0.2) is 38.3 Å². The number of benzene rings is 1. The Morgan fingerprint density at radius 3 is 3.06 bits per heavy atom. The first-order chi connectivity index (χ1) is 8.66. The SMILES string of the molecule is NC(=O)c1ccc(OCC2CNCCO2)cc1Cl. The summed E-state index contributed by atoms with van der Waals surface area (Å²) in [5, 5.41) is 3.51. The second kappa shape index (κ2) is 6.04. The molecule has 1 unspecified atom stereocenters. The van der Waals surface area contributed by atoms with Crippen molar-refractivity contribution in [3.05, 3.63) is 28.8 Å². The number of carbonyl (C=O) groups is 1. The molecular formula is C12H15ClN2O3. The predicted octanol–water partition coefficient (Wildman–Crippen LogP) is 0.806. The van der Waals surface area contributed by atoms with Crippen LogP contribution in [0.15, 0.2) is 18.2 Å². The molecule has 0 aromatic heterocycles. The summed E-state index contributed by atoms with van der Waals surface area (Å²) in [6.07, 6.45) is 0.0355. The number of nitrogens with one attached hydrogen (secondary N) is 1. The summed E-state index contributed by atoms with van der Waals surface area (Å²) in [7, 11) is 0. The third-order valence-electron chi connectivity index (χ3n) is 2.65. The average Bonchev–Trinajstić information content (AvgIpc) is 2.37. The molecule has 1 atom stereocenters. The topological polar surface area (TPSA) is 73.6 Å². The number of ether oxygens (including phenoxy) is 2. The third-order valence-corrected chi connectivity index (χ3v) is 2.96. The van der Waals surface area contributed by atoms with Gasteiger partial charge in [-0.3, -0.25) is 4.79 Å². The summed E-state index contributed by atoms with van der Waals surface area (Å²) in [5.41, 5.74) is 5.45. The van der Waals surface area contributed by atoms with E-state index >= 15 is 0 Å². The highest BCUT2D eigenvalue weighted by Gasteiger charge is 2.14. The molecule has 0 aliphatic carbocycles. The summed E-state index contributed by atoms with van der Waals surface area (Å²) in [5.74, 6) is 0.0468. The Hall–Kier alpha value is -1.30. The van der Waals surface area contributed by atoms with Crippen LogP contribution in [0, 0.1) is 0 Å². The monoisotopic (exact) mass is 270 g/mol. The number of hydrogen-bond donors (Lipinski definition) is 2. The van der Waals surface area contributed by atoms with Crippen molar-refractivity contribution >= 4 is 17.5 Å². The van der Waals surface area contributed by atoms with Gasteiger partial charge < -0.3 is 20.5 Å². The van der Waals surface area contributed by atoms with Crippen molar-refractivity contribution < 1.29 is 14.3 Å². The van der Waals surface area contributed by atoms with Crippen LogP contribution in [0.2, 0.25) is 5.02 Å². The second-order valence-electron chi connectivity index (χ2n) is 4.01. The van der Waals surface area contributed by atoms with Crippen LogP contribution in [0.25, 0.3) is 0 Å². The van der Waals surface area contributed by atoms with Gasteiger partial charge in [-0.25, -0.2) is 0 Å². The van der Waals surface area contributed by atoms with E-state index in [1.165, 1.54) is 0 Å². The fraction of sp³-hybridized carbons (Fsp3) is 0.417. The molecule has 1 fully saturated rings. The molecule has 3 N–H and O–H groups in total. The standard InChI is InChI=1S/C12H15ClN2O3/c13-11-5-8(1-2-10(11)12(14)16)18-7-9-6-15-3-4-17-9/h1-2,5,9,15H,3-4,6-7H2,(H2,14,16). The highest BCUT2D eigenvalue weighted by Crippen LogP contribution is 2.22. The van der Waals surface area contributed by atoms with E-state index in [-0.39, 0.29) is 6.10 Å². The molecule has 0 bridgehead atoms. The Morgan fingerprint density at radius 1 is 1.61 bits per heavy atom. The maximum Gasteiger partial charge on any atom is 0.250 e. The smallest absolute Gasteiger partial charge is 0.250 e. The molecule has 98 valence electrons. The molecule has 0 saturated carbocycles. The van der Waals surface area contributed by atoms with Crippen LogP contribution in [0.1, 0.15) is 10.4 Å². The summed E-state index contributed by atoms with van der Waals surface area (Å²) < 4.78 is 11.1. The van der Waals surface area contributed by atoms with Crippen molar-refractivity contribution in [2.45, 2.75) is 6.10 Å². The number of amides is 1. The number of rotatable bonds is 4. The van der Waals surface area contributed by atoms with Crippen molar-refractivity contribution in [3.63, 3.8) is 0 Å². The summed E-state index contributed by atoms with van der Waals surface area (Å²) in [6.45, 7) is 2.78. The van der Waals surface area contributed by atoms with Gasteiger partial charge in [-0.05, 0) is 18.2 Å². The van der Waals surface area contributed by atoms with Gasteiger partial charge in [0.2, 0.25) is 5.91 Å². The fourth-order valence-electron chi connectivity index (χ4n) is 1.70. The largest absolute Gasteiger partial charge is 0.491 e. The summed E-state index contributed by atoms with van der Waals surface area (Å²) >= 11 is 5.92. The first-order valence-electron chi connectivity index (χ1n) is 5.71. The van der Waals surface area contributed by atoms with Gasteiger partial charge in [0, 0.05) is 13.1 Å². The molecule has 1 aliphatic heterocycles. The van der Waals surface area contributed by atoms with E-state index in [1.54, 1.807) is 18.2 Å². The van der Waals surface area contributed by atoms with Crippen molar-refractivity contribution in [2.75, 3.05) is 26.3 Å². The van der Waals surface area contributed by atoms with Crippen LogP contribution in [-0.2, 0) is 4.74 Å². The quantitative estimate of drug-likeness (QED) is 0.849. The fourth-order valence-corrected chi connectivity index (χ4v) is 1.97. The van der Waals surface area contributed by atoms with Gasteiger partial charge in [0.05, 0.1) is 17.2 Å². The van der Waals surface area contributed by atoms with E-state index in [1.807, 2.05) is 0 Å². The Morgan fingerprint density at radius 2 is 2.44 bits per heavy atom. The molecule has 5 nitrogen and oxygen atoms in total. The number of morpholine rings is 1. The molecule has 18 heavy (non-hydrogen) atoms. The molecule has 2 rings (SSSR count). The van der Waals surface area contributed by atoms with E-state index in [0.717, 1.165) is 13.1 Å². The maximum atomic E-state index is 11.0. The molecule has 1 aliphatic rings. The lowest BCUT2D eigenvalue weighted by Crippen LogP contribution is -2.41. The zero-order valence-electron chi connectivity index (χ0n) is 9.82. The molecule has 1 aromatic rings. The van der Waals surface area contributed by atoms with Crippen LogP contribution in [0.5, 0.6) is 5.75 Å². The molecule has 1 amide bonds. The minimum absolute atomic E-state index is 0.0355. The summed E-state index contributed by atoms with van der Waals surface area (Å²) in [4.78, 5) is 11.0. The number of hydrogen-bond acceptors (Lipinski definition) is 4. The van der Waals surface area contributed by atoms with Crippen LogP contribution in [0.4, 0.5) is 0 Å². The minimum Gasteiger partial charge on any atom is -0.491 e. The van der Waals surface area contributed by atoms with Crippen molar-refractivity contribution in [1.29, 1.82) is 0 Å². The van der Waals surface area contributed by atoms with Gasteiger partial charge in [-0.1, -0.05) is 11.6 Å². The average molecular weight is 271 g/mol. The van der Waals surface area contributed by atoms with Gasteiger partial charge in [0.1, 0.15) is 18.5 Å². The van der Waals surface area contributed by atoms with E-state index in [4.69, 9.17) is 26.8 Å². The van der Waals surface area contributed by atoms with Crippen molar-refractivity contribution in [3.8, 4) is 5.75 Å². The lowest BCUT2D eigenvalue weighted by molar-refractivity contribution is 0.000193. The van der Waals surface area contributed by atoms with Crippen molar-refractivity contribution in [1.82, 2.24) is 5.32 Å². The van der Waals surface area contributed by atoms with E-state index in [0.29, 0.717) is 29.5 Å². The minimum atomic E-state index is -0.550. The van der Waals surface area contributed by atoms with Crippen molar-refractivity contribution in [2.24, 2.45) is 5.73 Å². The Balaban J connectivity index is 1.93. The van der Waals surface area contributed by atoms with E-state index in [2.05, 4.69) is 5.32 Å². The summed E-state index contributed by atoms with van der Waals surface area (Å²) in [6, 6.07) is 4.81. The lowest BCUT2D eigenvalue weighted by atomic mass is 10.2. The van der Waals surface area contributed by atoms with Crippen LogP contribution < -0.4 is 15.8 Å². The lowest BCUT2D eigenvalue weighted by Gasteiger charge is -2.23.